The topological polar surface area (TPSA) is 57.5 Å². The maximum Gasteiger partial charge on any atom is 0.303 e. The Balaban J connectivity index is 2.25. The zero-order valence-corrected chi connectivity index (χ0v) is 17.3. The molecule has 0 fully saturated rings. The van der Waals surface area contributed by atoms with E-state index in [0.29, 0.717) is 11.7 Å². The Bertz CT molecular complexity index is 498. The van der Waals surface area contributed by atoms with Crippen molar-refractivity contribution in [3.63, 3.8) is 0 Å². The molecule has 0 saturated carbocycles. The van der Waals surface area contributed by atoms with E-state index in [1.165, 1.54) is 69.8 Å². The number of aromatic hydroxyl groups is 1. The predicted octanol–water partition coefficient (Wildman–Crippen LogP) is 7.43. The van der Waals surface area contributed by atoms with Crippen molar-refractivity contribution in [2.45, 2.75) is 109 Å². The summed E-state index contributed by atoms with van der Waals surface area (Å²) in [7, 11) is 0. The Labute approximate surface area is 166 Å². The van der Waals surface area contributed by atoms with Crippen molar-refractivity contribution in [2.75, 3.05) is 0 Å². The third-order valence-corrected chi connectivity index (χ3v) is 5.44. The van der Waals surface area contributed by atoms with Crippen LogP contribution in [0.1, 0.15) is 115 Å². The number of hydrogen-bond donors (Lipinski definition) is 2. The van der Waals surface area contributed by atoms with Gasteiger partial charge in [-0.15, -0.1) is 0 Å². The quantitative estimate of drug-likeness (QED) is 0.278. The first kappa shape index (κ1) is 23.5. The summed E-state index contributed by atoms with van der Waals surface area (Å²) in [5.41, 5.74) is 1.20. The van der Waals surface area contributed by atoms with Gasteiger partial charge in [0, 0.05) is 6.42 Å². The second kappa shape index (κ2) is 15.5. The molecule has 0 amide bonds. The van der Waals surface area contributed by atoms with Crippen LogP contribution in [0.5, 0.6) is 5.75 Å². The molecule has 3 heteroatoms. The van der Waals surface area contributed by atoms with Crippen LogP contribution in [0, 0.1) is 0 Å². The van der Waals surface area contributed by atoms with Crippen LogP contribution in [0.3, 0.4) is 0 Å². The summed E-state index contributed by atoms with van der Waals surface area (Å²) < 4.78 is 0. The predicted molar refractivity (Wildman–Crippen MR) is 113 cm³/mol. The minimum atomic E-state index is -0.710. The number of hydrogen-bond acceptors (Lipinski definition) is 2. The van der Waals surface area contributed by atoms with Gasteiger partial charge in [0.1, 0.15) is 5.75 Å². The monoisotopic (exact) mass is 376 g/mol. The first-order chi connectivity index (χ1) is 13.1. The molecular weight excluding hydrogens is 336 g/mol. The molecule has 154 valence electrons. The summed E-state index contributed by atoms with van der Waals surface area (Å²) in [5.74, 6) is 0.0460. The Morgan fingerprint density at radius 1 is 0.852 bits per heavy atom. The summed E-state index contributed by atoms with van der Waals surface area (Å²) in [6.45, 7) is 2.26. The van der Waals surface area contributed by atoms with E-state index in [0.717, 1.165) is 25.7 Å². The lowest BCUT2D eigenvalue weighted by Gasteiger charge is -2.17. The van der Waals surface area contributed by atoms with E-state index in [2.05, 4.69) is 13.0 Å². The molecule has 1 unspecified atom stereocenters. The van der Waals surface area contributed by atoms with Gasteiger partial charge in [-0.25, -0.2) is 0 Å². The number of aliphatic carboxylic acids is 1. The van der Waals surface area contributed by atoms with Crippen molar-refractivity contribution in [1.29, 1.82) is 0 Å². The molecule has 3 nitrogen and oxygen atoms in total. The van der Waals surface area contributed by atoms with Gasteiger partial charge in [-0.3, -0.25) is 4.79 Å². The number of carboxylic acids is 1. The number of unbranched alkanes of at least 4 members (excludes halogenated alkanes) is 10. The molecule has 1 aromatic carbocycles. The Morgan fingerprint density at radius 3 is 1.96 bits per heavy atom. The lowest BCUT2D eigenvalue weighted by atomic mass is 9.88. The van der Waals surface area contributed by atoms with E-state index in [4.69, 9.17) is 5.11 Å². The first-order valence-electron chi connectivity index (χ1n) is 11.1. The zero-order chi connectivity index (χ0) is 19.7. The highest BCUT2D eigenvalue weighted by Gasteiger charge is 2.12. The van der Waals surface area contributed by atoms with E-state index >= 15 is 0 Å². The summed E-state index contributed by atoms with van der Waals surface area (Å²) >= 11 is 0. The highest BCUT2D eigenvalue weighted by molar-refractivity contribution is 5.66. The van der Waals surface area contributed by atoms with E-state index in [1.54, 1.807) is 6.07 Å². The summed E-state index contributed by atoms with van der Waals surface area (Å²) in [6.07, 6.45) is 17.5. The van der Waals surface area contributed by atoms with Gasteiger partial charge in [0.2, 0.25) is 0 Å². The summed E-state index contributed by atoms with van der Waals surface area (Å²) in [5, 5.41) is 18.6. The smallest absolute Gasteiger partial charge is 0.303 e. The van der Waals surface area contributed by atoms with Crippen LogP contribution in [-0.4, -0.2) is 16.2 Å². The zero-order valence-electron chi connectivity index (χ0n) is 17.3. The molecule has 0 spiro atoms. The number of phenolic OH excluding ortho intramolecular Hbond substituents is 1. The van der Waals surface area contributed by atoms with Gasteiger partial charge in [-0.2, -0.15) is 0 Å². The highest BCUT2D eigenvalue weighted by atomic mass is 16.4. The third-order valence-electron chi connectivity index (χ3n) is 5.44. The van der Waals surface area contributed by atoms with E-state index in [1.807, 2.05) is 12.1 Å². The first-order valence-corrected chi connectivity index (χ1v) is 11.1. The number of benzene rings is 1. The van der Waals surface area contributed by atoms with Gasteiger partial charge < -0.3 is 10.2 Å². The fourth-order valence-corrected chi connectivity index (χ4v) is 3.80. The van der Waals surface area contributed by atoms with Crippen LogP contribution in [0.2, 0.25) is 0 Å². The van der Waals surface area contributed by atoms with Gasteiger partial charge >= 0.3 is 5.97 Å². The van der Waals surface area contributed by atoms with E-state index in [9.17, 15) is 9.90 Å². The van der Waals surface area contributed by atoms with Crippen LogP contribution >= 0.6 is 0 Å². The molecule has 0 heterocycles. The van der Waals surface area contributed by atoms with Gasteiger partial charge in [-0.05, 0) is 42.9 Å². The van der Waals surface area contributed by atoms with Crippen molar-refractivity contribution in [2.24, 2.45) is 0 Å². The van der Waals surface area contributed by atoms with Crippen LogP contribution in [0.4, 0.5) is 0 Å². The van der Waals surface area contributed by atoms with E-state index in [-0.39, 0.29) is 6.42 Å². The molecule has 27 heavy (non-hydrogen) atoms. The second-order valence-electron chi connectivity index (χ2n) is 7.90. The lowest BCUT2D eigenvalue weighted by molar-refractivity contribution is -0.137. The third kappa shape index (κ3) is 12.5. The molecule has 0 aromatic heterocycles. The fourth-order valence-electron chi connectivity index (χ4n) is 3.80. The molecule has 2 N–H and O–H groups in total. The molecule has 0 radical (unpaired) electrons. The van der Waals surface area contributed by atoms with Crippen molar-refractivity contribution in [3.05, 3.63) is 29.8 Å². The maximum atomic E-state index is 10.7. The summed E-state index contributed by atoms with van der Waals surface area (Å²) in [6, 6.07) is 7.59. The van der Waals surface area contributed by atoms with Gasteiger partial charge in [0.05, 0.1) is 0 Å². The van der Waals surface area contributed by atoms with E-state index < -0.39 is 5.97 Å². The number of rotatable bonds is 17. The number of carbonyl (C=O) groups is 1. The van der Waals surface area contributed by atoms with Crippen molar-refractivity contribution in [1.82, 2.24) is 0 Å². The molecule has 1 atom stereocenters. The van der Waals surface area contributed by atoms with Gasteiger partial charge in [-0.1, -0.05) is 89.7 Å². The second-order valence-corrected chi connectivity index (χ2v) is 7.90. The molecule has 0 saturated heterocycles. The van der Waals surface area contributed by atoms with Crippen molar-refractivity contribution < 1.29 is 15.0 Å². The minimum absolute atomic E-state index is 0.255. The Morgan fingerprint density at radius 2 is 1.41 bits per heavy atom. The standard InChI is InChI=1S/C24H40O3/c1-2-3-4-5-6-7-8-9-10-11-15-21(16-12-13-19-24(26)27)22-17-14-18-23(25)20-22/h14,17-18,20-21,25H,2-13,15-16,19H2,1H3,(H,26,27). The van der Waals surface area contributed by atoms with Crippen molar-refractivity contribution >= 4 is 5.97 Å². The number of phenols is 1. The minimum Gasteiger partial charge on any atom is -0.508 e. The number of carboxylic acid groups (broad SMARTS) is 1. The maximum absolute atomic E-state index is 10.7. The molecular formula is C24H40O3. The SMILES string of the molecule is CCCCCCCCCCCCC(CCCCC(=O)O)c1cccc(O)c1. The Kier molecular flexibility index (Phi) is 13.5. The van der Waals surface area contributed by atoms with Crippen LogP contribution in [0.15, 0.2) is 24.3 Å². The summed E-state index contributed by atoms with van der Waals surface area (Å²) in [4.78, 5) is 10.7. The van der Waals surface area contributed by atoms with Crippen LogP contribution in [-0.2, 0) is 4.79 Å². The van der Waals surface area contributed by atoms with Gasteiger partial charge in [0.25, 0.3) is 0 Å². The Hall–Kier alpha value is -1.51. The van der Waals surface area contributed by atoms with Crippen LogP contribution < -0.4 is 0 Å². The molecule has 1 rings (SSSR count). The molecule has 0 aliphatic heterocycles. The molecule has 0 bridgehead atoms. The van der Waals surface area contributed by atoms with Gasteiger partial charge in [0.15, 0.2) is 0 Å². The van der Waals surface area contributed by atoms with Crippen molar-refractivity contribution in [3.8, 4) is 5.75 Å². The lowest BCUT2D eigenvalue weighted by Crippen LogP contribution is -2.01. The highest BCUT2D eigenvalue weighted by Crippen LogP contribution is 2.30. The van der Waals surface area contributed by atoms with Crippen LogP contribution in [0.25, 0.3) is 0 Å². The normalized spacial score (nSPS) is 12.2. The average molecular weight is 377 g/mol. The molecule has 0 aliphatic carbocycles. The average Bonchev–Trinajstić information content (AvgIpc) is 2.64. The molecule has 0 aliphatic rings. The fraction of sp³-hybridized carbons (Fsp3) is 0.708. The largest absolute Gasteiger partial charge is 0.508 e. The molecule has 1 aromatic rings.